The predicted octanol–water partition coefficient (Wildman–Crippen LogP) is 4.20. The molecule has 1 aromatic heterocycles. The fourth-order valence-corrected chi connectivity index (χ4v) is 4.24. The Morgan fingerprint density at radius 2 is 1.82 bits per heavy atom. The maximum absolute atomic E-state index is 5.78. The third-order valence-corrected chi connectivity index (χ3v) is 5.66. The molecule has 2 aliphatic rings. The van der Waals surface area contributed by atoms with Crippen LogP contribution in [0.3, 0.4) is 0 Å². The van der Waals surface area contributed by atoms with Crippen LogP contribution in [0.1, 0.15) is 30.0 Å². The highest BCUT2D eigenvalue weighted by atomic mass is 16.6. The molecule has 5 rings (SSSR count). The topological polar surface area (TPSA) is 39.5 Å². The van der Waals surface area contributed by atoms with Gasteiger partial charge in [0.2, 0.25) is 0 Å². The van der Waals surface area contributed by atoms with Gasteiger partial charge in [0.25, 0.3) is 0 Å². The molecule has 3 aromatic rings. The van der Waals surface area contributed by atoms with E-state index in [1.54, 1.807) is 0 Å². The molecule has 0 radical (unpaired) electrons. The highest BCUT2D eigenvalue weighted by Gasteiger charge is 2.27. The van der Waals surface area contributed by atoms with Gasteiger partial charge >= 0.3 is 0 Å². The number of nitrogens with zero attached hydrogens (tertiary/aromatic N) is 3. The molecule has 1 atom stereocenters. The number of hydrogen-bond donors (Lipinski definition) is 0. The molecule has 1 fully saturated rings. The Hall–Kier alpha value is -2.79. The van der Waals surface area contributed by atoms with Gasteiger partial charge in [0.15, 0.2) is 11.5 Å². The third-order valence-electron chi connectivity index (χ3n) is 5.66. The molecule has 144 valence electrons. The van der Waals surface area contributed by atoms with Crippen molar-refractivity contribution < 1.29 is 9.47 Å². The van der Waals surface area contributed by atoms with E-state index in [0.29, 0.717) is 19.3 Å². The third kappa shape index (κ3) is 3.38. The van der Waals surface area contributed by atoms with Crippen molar-refractivity contribution in [3.05, 3.63) is 65.9 Å². The summed E-state index contributed by atoms with van der Waals surface area (Å²) in [6.45, 7) is 3.35. The second kappa shape index (κ2) is 7.32. The first-order chi connectivity index (χ1) is 13.8. The molecule has 2 aliphatic heterocycles. The standard InChI is InChI=1S/C23H25N3O2/c1-25-12-10-20(24-25)18-6-4-17(5-7-18)16-26-11-2-3-21(26)19-8-9-22-23(15-19)28-14-13-27-22/h4-10,12,15,21H,2-3,11,13-14,16H2,1H3. The van der Waals surface area contributed by atoms with E-state index in [2.05, 4.69) is 52.5 Å². The summed E-state index contributed by atoms with van der Waals surface area (Å²) < 4.78 is 13.3. The average Bonchev–Trinajstić information content (AvgIpc) is 3.37. The molecule has 0 N–H and O–H groups in total. The molecule has 28 heavy (non-hydrogen) atoms. The van der Waals surface area contributed by atoms with Crippen molar-refractivity contribution in [3.8, 4) is 22.8 Å². The lowest BCUT2D eigenvalue weighted by atomic mass is 10.0. The number of aryl methyl sites for hydroxylation is 1. The van der Waals surface area contributed by atoms with Crippen LogP contribution in [0.2, 0.25) is 0 Å². The van der Waals surface area contributed by atoms with Crippen molar-refractivity contribution >= 4 is 0 Å². The molecule has 0 bridgehead atoms. The van der Waals surface area contributed by atoms with Gasteiger partial charge in [-0.1, -0.05) is 30.3 Å². The molecule has 5 heteroatoms. The van der Waals surface area contributed by atoms with Crippen LogP contribution in [0, 0.1) is 0 Å². The Kier molecular flexibility index (Phi) is 4.53. The van der Waals surface area contributed by atoms with Gasteiger partial charge in [0.05, 0.1) is 5.69 Å². The van der Waals surface area contributed by atoms with E-state index < -0.39 is 0 Å². The van der Waals surface area contributed by atoms with E-state index in [4.69, 9.17) is 9.47 Å². The second-order valence-corrected chi connectivity index (χ2v) is 7.60. The first-order valence-electron chi connectivity index (χ1n) is 9.99. The summed E-state index contributed by atoms with van der Waals surface area (Å²) in [5, 5.41) is 4.48. The monoisotopic (exact) mass is 375 g/mol. The first-order valence-corrected chi connectivity index (χ1v) is 9.99. The minimum Gasteiger partial charge on any atom is -0.486 e. The summed E-state index contributed by atoms with van der Waals surface area (Å²) in [5.74, 6) is 1.75. The van der Waals surface area contributed by atoms with E-state index in [1.165, 1.54) is 24.0 Å². The number of fused-ring (bicyclic) bond motifs is 1. The Morgan fingerprint density at radius 1 is 1.00 bits per heavy atom. The van der Waals surface area contributed by atoms with Crippen molar-refractivity contribution in [2.24, 2.45) is 7.05 Å². The minimum absolute atomic E-state index is 0.436. The number of ether oxygens (including phenoxy) is 2. The van der Waals surface area contributed by atoms with E-state index in [9.17, 15) is 0 Å². The summed E-state index contributed by atoms with van der Waals surface area (Å²) in [5.41, 5.74) is 4.84. The lowest BCUT2D eigenvalue weighted by Crippen LogP contribution is -2.23. The Labute approximate surface area is 165 Å². The summed E-state index contributed by atoms with van der Waals surface area (Å²) in [4.78, 5) is 2.57. The van der Waals surface area contributed by atoms with Gasteiger partial charge in [-0.15, -0.1) is 0 Å². The van der Waals surface area contributed by atoms with Gasteiger partial charge in [-0.05, 0) is 48.7 Å². The number of hydrogen-bond acceptors (Lipinski definition) is 4. The van der Waals surface area contributed by atoms with E-state index in [-0.39, 0.29) is 0 Å². The lowest BCUT2D eigenvalue weighted by molar-refractivity contribution is 0.170. The Bertz CT molecular complexity index is 964. The Balaban J connectivity index is 1.32. The maximum atomic E-state index is 5.78. The largest absolute Gasteiger partial charge is 0.486 e. The second-order valence-electron chi connectivity index (χ2n) is 7.60. The highest BCUT2D eigenvalue weighted by molar-refractivity contribution is 5.58. The number of rotatable bonds is 4. The summed E-state index contributed by atoms with van der Waals surface area (Å²) in [6.07, 6.45) is 4.39. The SMILES string of the molecule is Cn1ccc(-c2ccc(CN3CCCC3c3ccc4c(c3)OCCO4)cc2)n1. The summed E-state index contributed by atoms with van der Waals surface area (Å²) in [6, 6.07) is 17.7. The number of benzene rings is 2. The van der Waals surface area contributed by atoms with Crippen molar-refractivity contribution in [2.45, 2.75) is 25.4 Å². The molecule has 1 unspecified atom stereocenters. The fraction of sp³-hybridized carbons (Fsp3) is 0.348. The highest BCUT2D eigenvalue weighted by Crippen LogP contribution is 2.38. The van der Waals surface area contributed by atoms with Crippen LogP contribution in [0.15, 0.2) is 54.7 Å². The smallest absolute Gasteiger partial charge is 0.161 e. The van der Waals surface area contributed by atoms with Crippen LogP contribution in [0.5, 0.6) is 11.5 Å². The van der Waals surface area contributed by atoms with Gasteiger partial charge in [-0.3, -0.25) is 9.58 Å². The van der Waals surface area contributed by atoms with Gasteiger partial charge < -0.3 is 9.47 Å². The average molecular weight is 375 g/mol. The van der Waals surface area contributed by atoms with Crippen LogP contribution >= 0.6 is 0 Å². The molecule has 0 aliphatic carbocycles. The lowest BCUT2D eigenvalue weighted by Gasteiger charge is -2.26. The first kappa shape index (κ1) is 17.3. The van der Waals surface area contributed by atoms with Crippen LogP contribution in [-0.2, 0) is 13.6 Å². The molecular weight excluding hydrogens is 350 g/mol. The van der Waals surface area contributed by atoms with Gasteiger partial charge in [0, 0.05) is 31.4 Å². The van der Waals surface area contributed by atoms with Crippen molar-refractivity contribution in [3.63, 3.8) is 0 Å². The predicted molar refractivity (Wildman–Crippen MR) is 108 cm³/mol. The molecule has 0 amide bonds. The van der Waals surface area contributed by atoms with E-state index in [1.807, 2.05) is 24.0 Å². The zero-order chi connectivity index (χ0) is 18.9. The summed E-state index contributed by atoms with van der Waals surface area (Å²) in [7, 11) is 1.95. The van der Waals surface area contributed by atoms with Crippen molar-refractivity contribution in [1.82, 2.24) is 14.7 Å². The summed E-state index contributed by atoms with van der Waals surface area (Å²) >= 11 is 0. The molecule has 0 spiro atoms. The van der Waals surface area contributed by atoms with Crippen LogP contribution in [0.4, 0.5) is 0 Å². The van der Waals surface area contributed by atoms with Gasteiger partial charge in [0.1, 0.15) is 13.2 Å². The minimum atomic E-state index is 0.436. The number of aromatic nitrogens is 2. The van der Waals surface area contributed by atoms with Crippen LogP contribution < -0.4 is 9.47 Å². The van der Waals surface area contributed by atoms with Crippen LogP contribution in [-0.4, -0.2) is 34.4 Å². The molecule has 0 saturated carbocycles. The maximum Gasteiger partial charge on any atom is 0.161 e. The van der Waals surface area contributed by atoms with Crippen LogP contribution in [0.25, 0.3) is 11.3 Å². The quantitative estimate of drug-likeness (QED) is 0.685. The zero-order valence-corrected chi connectivity index (χ0v) is 16.2. The molecule has 2 aromatic carbocycles. The zero-order valence-electron chi connectivity index (χ0n) is 16.2. The number of likely N-dealkylation sites (tertiary alicyclic amines) is 1. The molecular formula is C23H25N3O2. The van der Waals surface area contributed by atoms with Gasteiger partial charge in [-0.2, -0.15) is 5.10 Å². The van der Waals surface area contributed by atoms with Crippen molar-refractivity contribution in [1.29, 1.82) is 0 Å². The normalized spacial score (nSPS) is 19.1. The fourth-order valence-electron chi connectivity index (χ4n) is 4.24. The Morgan fingerprint density at radius 3 is 2.61 bits per heavy atom. The van der Waals surface area contributed by atoms with Crippen molar-refractivity contribution in [2.75, 3.05) is 19.8 Å². The van der Waals surface area contributed by atoms with E-state index >= 15 is 0 Å². The molecule has 1 saturated heterocycles. The van der Waals surface area contributed by atoms with E-state index in [0.717, 1.165) is 35.8 Å². The van der Waals surface area contributed by atoms with Gasteiger partial charge in [-0.25, -0.2) is 0 Å². The molecule has 3 heterocycles. The molecule has 5 nitrogen and oxygen atoms in total.